The molecule has 5 rings (SSSR count). The third-order valence-electron chi connectivity index (χ3n) is 9.79. The molecule has 1 fully saturated rings. The third kappa shape index (κ3) is 10.3. The van der Waals surface area contributed by atoms with Gasteiger partial charge in [0.15, 0.2) is 0 Å². The predicted octanol–water partition coefficient (Wildman–Crippen LogP) is 5.90. The fourth-order valence-corrected chi connectivity index (χ4v) is 6.70. The monoisotopic (exact) mass is 721 g/mol. The molecule has 1 aliphatic heterocycles. The summed E-state index contributed by atoms with van der Waals surface area (Å²) in [6.45, 7) is 12.0. The van der Waals surface area contributed by atoms with Crippen molar-refractivity contribution in [2.75, 3.05) is 45.9 Å². The van der Waals surface area contributed by atoms with E-state index in [4.69, 9.17) is 9.47 Å². The smallest absolute Gasteiger partial charge is 0.347 e. The number of piperidine rings is 1. The first-order valence-electron chi connectivity index (χ1n) is 18.3. The van der Waals surface area contributed by atoms with Gasteiger partial charge in [0.2, 0.25) is 11.2 Å². The second-order valence-electron chi connectivity index (χ2n) is 13.5. The fraction of sp³-hybridized carbons (Fsp3) is 0.349. The number of unbranched alkanes of at least 4 members (excludes halogenated alkanes) is 2. The van der Waals surface area contributed by atoms with E-state index in [1.807, 2.05) is 18.2 Å². The second kappa shape index (κ2) is 19.2. The first-order valence-corrected chi connectivity index (χ1v) is 18.3. The minimum atomic E-state index is -1.97. The zero-order valence-electron chi connectivity index (χ0n) is 30.2. The zero-order valence-corrected chi connectivity index (χ0v) is 30.2. The predicted molar refractivity (Wildman–Crippen MR) is 208 cm³/mol. The summed E-state index contributed by atoms with van der Waals surface area (Å²) in [5, 5.41) is 36.6. The number of carbonyl (C=O) groups excluding carboxylic acids is 1. The van der Waals surface area contributed by atoms with E-state index in [0.29, 0.717) is 53.0 Å². The van der Waals surface area contributed by atoms with Crippen LogP contribution < -0.4 is 15.6 Å². The van der Waals surface area contributed by atoms with E-state index in [1.54, 1.807) is 66.7 Å². The Kier molecular flexibility index (Phi) is 14.2. The highest BCUT2D eigenvalue weighted by Crippen LogP contribution is 2.33. The number of ether oxygens (including phenoxy) is 2. The van der Waals surface area contributed by atoms with E-state index in [2.05, 4.69) is 28.4 Å². The van der Waals surface area contributed by atoms with E-state index in [-0.39, 0.29) is 23.8 Å². The number of hydrogen-bond acceptors (Lipinski definition) is 9. The van der Waals surface area contributed by atoms with E-state index in [9.17, 15) is 24.9 Å². The number of aromatic nitrogens is 1. The van der Waals surface area contributed by atoms with E-state index in [0.717, 1.165) is 57.3 Å². The molecule has 0 amide bonds. The molecule has 4 aromatic rings. The van der Waals surface area contributed by atoms with Gasteiger partial charge in [0.05, 0.1) is 24.8 Å². The van der Waals surface area contributed by atoms with Gasteiger partial charge in [-0.25, -0.2) is 4.79 Å². The number of aliphatic hydroxyl groups excluding tert-OH is 1. The van der Waals surface area contributed by atoms with Crippen molar-refractivity contribution in [2.45, 2.75) is 43.8 Å². The molecule has 1 saturated heterocycles. The molecule has 0 spiro atoms. The van der Waals surface area contributed by atoms with Gasteiger partial charge in [0, 0.05) is 24.5 Å². The summed E-state index contributed by atoms with van der Waals surface area (Å²) in [7, 11) is 0. The summed E-state index contributed by atoms with van der Waals surface area (Å²) >= 11 is 0. The van der Waals surface area contributed by atoms with E-state index < -0.39 is 17.7 Å². The Labute approximate surface area is 311 Å². The molecule has 0 radical (unpaired) electrons. The van der Waals surface area contributed by atoms with Gasteiger partial charge in [-0.05, 0) is 104 Å². The molecule has 0 bridgehead atoms. The first kappa shape index (κ1) is 39.2. The lowest BCUT2D eigenvalue weighted by atomic mass is 9.86. The summed E-state index contributed by atoms with van der Waals surface area (Å²) in [5.41, 5.74) is 0.619. The Morgan fingerprint density at radius 2 is 1.72 bits per heavy atom. The van der Waals surface area contributed by atoms with Crippen molar-refractivity contribution < 1.29 is 29.6 Å². The topological polar surface area (TPSA) is 144 Å². The van der Waals surface area contributed by atoms with Crippen LogP contribution in [0.25, 0.3) is 10.9 Å². The van der Waals surface area contributed by atoms with Crippen LogP contribution in [0.1, 0.15) is 54.9 Å². The van der Waals surface area contributed by atoms with Gasteiger partial charge < -0.3 is 35.1 Å². The summed E-state index contributed by atoms with van der Waals surface area (Å²) in [6, 6.07) is 21.9. The standard InChI is InChI=1S/C43H51N3O7/c1-3-11-31(4-2)29-46-25-22-32(23-26-46)30-53-42(50)43(51,33-12-7-5-8-13-33)34-14-16-35(17-15-34)52-27-10-6-9-24-44-28-39(48)36-18-20-38(47)41-37(36)19-21-40(49)45-41/h3-5,7-8,11-21,32,39,44,47-48,51H,1-2,6,9-10,22-30H2,(H,45,49)/b31-11+. The van der Waals surface area contributed by atoms with Crippen molar-refractivity contribution in [2.24, 2.45) is 5.92 Å². The van der Waals surface area contributed by atoms with Crippen molar-refractivity contribution in [3.05, 3.63) is 143 Å². The van der Waals surface area contributed by atoms with Crippen molar-refractivity contribution in [3.63, 3.8) is 0 Å². The van der Waals surface area contributed by atoms with Crippen molar-refractivity contribution in [1.29, 1.82) is 0 Å². The maximum Gasteiger partial charge on any atom is 0.347 e. The van der Waals surface area contributed by atoms with E-state index >= 15 is 0 Å². The van der Waals surface area contributed by atoms with Crippen LogP contribution in [0.3, 0.4) is 0 Å². The Balaban J connectivity index is 1.06. The average Bonchev–Trinajstić information content (AvgIpc) is 3.18. The summed E-state index contributed by atoms with van der Waals surface area (Å²) in [6.07, 6.45) is 9.19. The van der Waals surface area contributed by atoms with Crippen LogP contribution in [0.15, 0.2) is 121 Å². The number of H-pyrrole nitrogens is 1. The number of hydrogen-bond donors (Lipinski definition) is 5. The quantitative estimate of drug-likeness (QED) is 0.0455. The van der Waals surface area contributed by atoms with Crippen LogP contribution in [0, 0.1) is 5.92 Å². The number of phenols is 1. The molecule has 5 N–H and O–H groups in total. The number of aliphatic hydroxyl groups is 2. The number of rotatable bonds is 19. The van der Waals surface area contributed by atoms with Crippen molar-refractivity contribution in [3.8, 4) is 11.5 Å². The lowest BCUT2D eigenvalue weighted by Gasteiger charge is -2.33. The molecule has 1 aromatic heterocycles. The number of fused-ring (bicyclic) bond motifs is 1. The minimum Gasteiger partial charge on any atom is -0.506 e. The van der Waals surface area contributed by atoms with Gasteiger partial charge in [-0.15, -0.1) is 0 Å². The SMILES string of the molecule is C=C/C=C(\C=C)CN1CCC(COC(=O)C(O)(c2ccccc2)c2ccc(OCCCCCNCC(O)c3ccc(O)c4[nH]c(=O)ccc34)cc2)CC1. The number of nitrogens with zero attached hydrogens (tertiary/aromatic N) is 1. The summed E-state index contributed by atoms with van der Waals surface area (Å²) in [5.74, 6) is 0.110. The highest BCUT2D eigenvalue weighted by molar-refractivity contribution is 5.87. The first-order chi connectivity index (χ1) is 25.7. The highest BCUT2D eigenvalue weighted by atomic mass is 16.5. The number of phenolic OH excluding ortho intramolecular Hbond substituents is 1. The second-order valence-corrected chi connectivity index (χ2v) is 13.5. The highest BCUT2D eigenvalue weighted by Gasteiger charge is 2.42. The van der Waals surface area contributed by atoms with Crippen LogP contribution in [-0.2, 0) is 15.1 Å². The number of aromatic hydroxyl groups is 1. The molecule has 2 heterocycles. The zero-order chi connectivity index (χ0) is 37.6. The Bertz CT molecular complexity index is 1900. The number of aromatic amines is 1. The summed E-state index contributed by atoms with van der Waals surface area (Å²) < 4.78 is 11.8. The Morgan fingerprint density at radius 1 is 0.981 bits per heavy atom. The number of allylic oxidation sites excluding steroid dienone is 2. The van der Waals surface area contributed by atoms with Gasteiger partial charge in [-0.3, -0.25) is 9.69 Å². The average molecular weight is 722 g/mol. The number of likely N-dealkylation sites (tertiary alicyclic amines) is 1. The number of carbonyl (C=O) groups is 1. The van der Waals surface area contributed by atoms with Crippen LogP contribution in [-0.4, -0.2) is 77.1 Å². The van der Waals surface area contributed by atoms with Crippen LogP contribution >= 0.6 is 0 Å². The fourth-order valence-electron chi connectivity index (χ4n) is 6.70. The van der Waals surface area contributed by atoms with Gasteiger partial charge >= 0.3 is 5.97 Å². The minimum absolute atomic E-state index is 0.0389. The largest absolute Gasteiger partial charge is 0.506 e. The molecule has 10 heteroatoms. The molecule has 3 aromatic carbocycles. The maximum atomic E-state index is 13.6. The van der Waals surface area contributed by atoms with E-state index in [1.165, 1.54) is 12.1 Å². The number of pyridine rings is 1. The molecule has 2 atom stereocenters. The van der Waals surface area contributed by atoms with Gasteiger partial charge in [0.25, 0.3) is 0 Å². The van der Waals surface area contributed by atoms with Crippen LogP contribution in [0.4, 0.5) is 0 Å². The third-order valence-corrected chi connectivity index (χ3v) is 9.79. The molecule has 0 aliphatic carbocycles. The Hall–Kier alpha value is -5.00. The molecule has 10 nitrogen and oxygen atoms in total. The molecular weight excluding hydrogens is 670 g/mol. The van der Waals surface area contributed by atoms with Crippen LogP contribution in [0.2, 0.25) is 0 Å². The molecule has 1 aliphatic rings. The van der Waals surface area contributed by atoms with Crippen molar-refractivity contribution in [1.82, 2.24) is 15.2 Å². The molecule has 0 saturated carbocycles. The number of esters is 1. The molecule has 280 valence electrons. The normalized spacial score (nSPS) is 15.8. The van der Waals surface area contributed by atoms with Gasteiger partial charge in [0.1, 0.15) is 11.5 Å². The summed E-state index contributed by atoms with van der Waals surface area (Å²) in [4.78, 5) is 30.3. The lowest BCUT2D eigenvalue weighted by Crippen LogP contribution is -2.41. The number of nitrogens with one attached hydrogen (secondary N) is 2. The van der Waals surface area contributed by atoms with Gasteiger partial charge in [-0.2, -0.15) is 0 Å². The van der Waals surface area contributed by atoms with Crippen molar-refractivity contribution >= 4 is 16.9 Å². The maximum absolute atomic E-state index is 13.6. The lowest BCUT2D eigenvalue weighted by molar-refractivity contribution is -0.164. The molecular formula is C43H51N3O7. The van der Waals surface area contributed by atoms with Gasteiger partial charge in [-0.1, -0.05) is 79.9 Å². The molecule has 2 unspecified atom stereocenters. The Morgan fingerprint density at radius 3 is 2.43 bits per heavy atom. The van der Waals surface area contributed by atoms with Crippen LogP contribution in [0.5, 0.6) is 11.5 Å². The number of benzene rings is 3. The molecule has 53 heavy (non-hydrogen) atoms.